The molecule has 20 heavy (non-hydrogen) atoms. The molecule has 108 valence electrons. The Morgan fingerprint density at radius 1 is 1.40 bits per heavy atom. The number of hydrogen-bond donors (Lipinski definition) is 1. The molecule has 1 heterocycles. The fourth-order valence-electron chi connectivity index (χ4n) is 2.94. The number of nitrogens with zero attached hydrogens (tertiary/aromatic N) is 1. The largest absolute Gasteiger partial charge is 0.380 e. The SMILES string of the molecule is CCOCC(C)N1C(=O)C2(CC2)NC1c1ccccc1. The van der Waals surface area contributed by atoms with E-state index in [0.717, 1.165) is 18.4 Å². The lowest BCUT2D eigenvalue weighted by Crippen LogP contribution is -2.41. The molecule has 1 aliphatic carbocycles. The summed E-state index contributed by atoms with van der Waals surface area (Å²) >= 11 is 0. The minimum absolute atomic E-state index is 0.0262. The maximum atomic E-state index is 12.7. The molecule has 1 spiro atoms. The highest BCUT2D eigenvalue weighted by molar-refractivity contribution is 5.92. The predicted molar refractivity (Wildman–Crippen MR) is 77.1 cm³/mol. The maximum absolute atomic E-state index is 12.7. The first-order valence-electron chi connectivity index (χ1n) is 7.41. The third-order valence-corrected chi connectivity index (χ3v) is 4.24. The predicted octanol–water partition coefficient (Wildman–Crippen LogP) is 2.07. The molecule has 2 atom stereocenters. The molecule has 0 bridgehead atoms. The summed E-state index contributed by atoms with van der Waals surface area (Å²) in [5, 5.41) is 3.54. The first-order valence-corrected chi connectivity index (χ1v) is 7.41. The molecule has 1 saturated carbocycles. The molecular weight excluding hydrogens is 252 g/mol. The van der Waals surface area contributed by atoms with Crippen LogP contribution in [-0.4, -0.2) is 35.6 Å². The Kier molecular flexibility index (Phi) is 3.52. The lowest BCUT2D eigenvalue weighted by atomic mass is 10.1. The molecule has 1 amide bonds. The zero-order chi connectivity index (χ0) is 14.2. The van der Waals surface area contributed by atoms with Crippen molar-refractivity contribution in [3.05, 3.63) is 35.9 Å². The number of amides is 1. The Morgan fingerprint density at radius 2 is 2.10 bits per heavy atom. The summed E-state index contributed by atoms with van der Waals surface area (Å²) in [6.07, 6.45) is 1.88. The molecular formula is C16H22N2O2. The van der Waals surface area contributed by atoms with Crippen LogP contribution in [0.2, 0.25) is 0 Å². The van der Waals surface area contributed by atoms with E-state index in [2.05, 4.69) is 24.4 Å². The molecule has 4 nitrogen and oxygen atoms in total. The number of nitrogens with one attached hydrogen (secondary N) is 1. The molecule has 3 rings (SSSR count). The summed E-state index contributed by atoms with van der Waals surface area (Å²) in [7, 11) is 0. The molecule has 1 aromatic carbocycles. The van der Waals surface area contributed by atoms with Gasteiger partial charge in [0.15, 0.2) is 0 Å². The zero-order valence-electron chi connectivity index (χ0n) is 12.1. The molecule has 0 radical (unpaired) electrons. The van der Waals surface area contributed by atoms with Crippen LogP contribution in [0.1, 0.15) is 38.4 Å². The van der Waals surface area contributed by atoms with Crippen molar-refractivity contribution in [2.45, 2.75) is 44.4 Å². The third-order valence-electron chi connectivity index (χ3n) is 4.24. The summed E-state index contributed by atoms with van der Waals surface area (Å²) in [4.78, 5) is 14.7. The number of carbonyl (C=O) groups is 1. The highest BCUT2D eigenvalue weighted by Gasteiger charge is 2.60. The zero-order valence-corrected chi connectivity index (χ0v) is 12.1. The minimum atomic E-state index is -0.291. The molecule has 1 N–H and O–H groups in total. The summed E-state index contributed by atoms with van der Waals surface area (Å²) < 4.78 is 5.51. The van der Waals surface area contributed by atoms with Crippen molar-refractivity contribution in [1.29, 1.82) is 0 Å². The van der Waals surface area contributed by atoms with Crippen LogP contribution in [0.3, 0.4) is 0 Å². The summed E-state index contributed by atoms with van der Waals surface area (Å²) in [5.74, 6) is 0.235. The van der Waals surface area contributed by atoms with Gasteiger partial charge in [-0.1, -0.05) is 30.3 Å². The average Bonchev–Trinajstić information content (AvgIpc) is 3.19. The second-order valence-electron chi connectivity index (χ2n) is 5.76. The molecule has 0 aromatic heterocycles. The van der Waals surface area contributed by atoms with Gasteiger partial charge in [-0.25, -0.2) is 0 Å². The molecule has 1 aliphatic heterocycles. The maximum Gasteiger partial charge on any atom is 0.244 e. The Bertz CT molecular complexity index is 485. The van der Waals surface area contributed by atoms with Gasteiger partial charge in [0, 0.05) is 6.61 Å². The first kappa shape index (κ1) is 13.6. The highest BCUT2D eigenvalue weighted by atomic mass is 16.5. The Labute approximate surface area is 120 Å². The quantitative estimate of drug-likeness (QED) is 0.893. The van der Waals surface area contributed by atoms with Gasteiger partial charge in [-0.05, 0) is 32.3 Å². The van der Waals surface area contributed by atoms with E-state index in [1.54, 1.807) is 0 Å². The number of benzene rings is 1. The molecule has 1 aromatic rings. The van der Waals surface area contributed by atoms with Gasteiger partial charge in [-0.15, -0.1) is 0 Å². The van der Waals surface area contributed by atoms with Gasteiger partial charge < -0.3 is 9.64 Å². The smallest absolute Gasteiger partial charge is 0.244 e. The van der Waals surface area contributed by atoms with Crippen LogP contribution in [0.15, 0.2) is 30.3 Å². The van der Waals surface area contributed by atoms with Crippen LogP contribution >= 0.6 is 0 Å². The normalized spacial score (nSPS) is 25.2. The Balaban J connectivity index is 1.85. The van der Waals surface area contributed by atoms with Gasteiger partial charge in [-0.2, -0.15) is 0 Å². The van der Waals surface area contributed by atoms with Crippen molar-refractivity contribution in [2.24, 2.45) is 0 Å². The number of rotatable bonds is 5. The third kappa shape index (κ3) is 2.23. The Morgan fingerprint density at radius 3 is 2.70 bits per heavy atom. The van der Waals surface area contributed by atoms with Crippen molar-refractivity contribution in [2.75, 3.05) is 13.2 Å². The molecule has 2 aliphatic rings. The van der Waals surface area contributed by atoms with E-state index in [4.69, 9.17) is 4.74 Å². The summed E-state index contributed by atoms with van der Waals surface area (Å²) in [6.45, 7) is 5.31. The van der Waals surface area contributed by atoms with E-state index in [9.17, 15) is 4.79 Å². The van der Waals surface area contributed by atoms with Crippen LogP contribution in [-0.2, 0) is 9.53 Å². The molecule has 2 fully saturated rings. The van der Waals surface area contributed by atoms with E-state index in [0.29, 0.717) is 13.2 Å². The fraction of sp³-hybridized carbons (Fsp3) is 0.562. The number of ether oxygens (including phenoxy) is 1. The average molecular weight is 274 g/mol. The first-order chi connectivity index (χ1) is 9.68. The monoisotopic (exact) mass is 274 g/mol. The molecule has 2 unspecified atom stereocenters. The summed E-state index contributed by atoms with van der Waals surface area (Å²) in [5.41, 5.74) is 0.856. The minimum Gasteiger partial charge on any atom is -0.380 e. The van der Waals surface area contributed by atoms with Crippen LogP contribution < -0.4 is 5.32 Å². The Hall–Kier alpha value is -1.39. The standard InChI is InChI=1S/C16H22N2O2/c1-3-20-11-12(2)18-14(13-7-5-4-6-8-13)17-16(9-10-16)15(18)19/h4-8,12,14,17H,3,9-11H2,1-2H3. The van der Waals surface area contributed by atoms with Crippen LogP contribution in [0.4, 0.5) is 0 Å². The highest BCUT2D eigenvalue weighted by Crippen LogP contribution is 2.46. The van der Waals surface area contributed by atoms with E-state index in [-0.39, 0.29) is 23.7 Å². The van der Waals surface area contributed by atoms with Crippen LogP contribution in [0, 0.1) is 0 Å². The van der Waals surface area contributed by atoms with Crippen molar-refractivity contribution in [3.8, 4) is 0 Å². The van der Waals surface area contributed by atoms with Gasteiger partial charge >= 0.3 is 0 Å². The van der Waals surface area contributed by atoms with Gasteiger partial charge in [-0.3, -0.25) is 10.1 Å². The van der Waals surface area contributed by atoms with Crippen LogP contribution in [0.5, 0.6) is 0 Å². The van der Waals surface area contributed by atoms with Gasteiger partial charge in [0.25, 0.3) is 0 Å². The van der Waals surface area contributed by atoms with Crippen molar-refractivity contribution in [3.63, 3.8) is 0 Å². The fourth-order valence-corrected chi connectivity index (χ4v) is 2.94. The van der Waals surface area contributed by atoms with E-state index >= 15 is 0 Å². The van der Waals surface area contributed by atoms with Crippen molar-refractivity contribution in [1.82, 2.24) is 10.2 Å². The van der Waals surface area contributed by atoms with Crippen molar-refractivity contribution >= 4 is 5.91 Å². The van der Waals surface area contributed by atoms with Crippen LogP contribution in [0.25, 0.3) is 0 Å². The molecule has 1 saturated heterocycles. The van der Waals surface area contributed by atoms with E-state index in [1.165, 1.54) is 0 Å². The van der Waals surface area contributed by atoms with Gasteiger partial charge in [0.05, 0.1) is 12.6 Å². The number of carbonyl (C=O) groups excluding carboxylic acids is 1. The second kappa shape index (κ2) is 5.19. The topological polar surface area (TPSA) is 41.6 Å². The van der Waals surface area contributed by atoms with Crippen molar-refractivity contribution < 1.29 is 9.53 Å². The van der Waals surface area contributed by atoms with Gasteiger partial charge in [0.1, 0.15) is 11.7 Å². The lowest BCUT2D eigenvalue weighted by Gasteiger charge is -2.30. The number of hydrogen-bond acceptors (Lipinski definition) is 3. The lowest BCUT2D eigenvalue weighted by molar-refractivity contribution is -0.134. The summed E-state index contributed by atoms with van der Waals surface area (Å²) in [6, 6.07) is 10.3. The second-order valence-corrected chi connectivity index (χ2v) is 5.76. The van der Waals surface area contributed by atoms with E-state index in [1.807, 2.05) is 30.0 Å². The van der Waals surface area contributed by atoms with Gasteiger partial charge in [0.2, 0.25) is 5.91 Å². The molecule has 4 heteroatoms. The van der Waals surface area contributed by atoms with E-state index < -0.39 is 0 Å².